The van der Waals surface area contributed by atoms with E-state index in [0.29, 0.717) is 0 Å². The van der Waals surface area contributed by atoms with Gasteiger partial charge in [-0.1, -0.05) is 30.3 Å². The van der Waals surface area contributed by atoms with E-state index < -0.39 is 11.2 Å². The van der Waals surface area contributed by atoms with Crippen LogP contribution in [0.25, 0.3) is 0 Å². The van der Waals surface area contributed by atoms with Crippen LogP contribution in [0, 0.1) is 6.92 Å². The van der Waals surface area contributed by atoms with Gasteiger partial charge in [-0.3, -0.25) is 4.79 Å². The van der Waals surface area contributed by atoms with Gasteiger partial charge in [0.1, 0.15) is 5.69 Å². The molecule has 0 saturated carbocycles. The van der Waals surface area contributed by atoms with E-state index in [1.807, 2.05) is 30.3 Å². The monoisotopic (exact) mass is 230 g/mol. The lowest BCUT2D eigenvalue weighted by Gasteiger charge is -1.96. The third kappa shape index (κ3) is 2.36. The first kappa shape index (κ1) is 11.0. The molecule has 2 aromatic rings. The first-order chi connectivity index (χ1) is 8.18. The quantitative estimate of drug-likeness (QED) is 0.744. The number of aromatic nitrogens is 3. The van der Waals surface area contributed by atoms with E-state index in [1.165, 1.54) is 13.1 Å². The number of H-pyrrole nitrogens is 1. The van der Waals surface area contributed by atoms with Gasteiger partial charge in [-0.05, 0) is 12.5 Å². The van der Waals surface area contributed by atoms with Gasteiger partial charge >= 0.3 is 5.69 Å². The second-order valence-corrected chi connectivity index (χ2v) is 3.39. The lowest BCUT2D eigenvalue weighted by atomic mass is 10.2. The Bertz CT molecular complexity index is 655. The highest BCUT2D eigenvalue weighted by molar-refractivity contribution is 5.79. The molecule has 17 heavy (non-hydrogen) atoms. The maximum atomic E-state index is 11.6. The van der Waals surface area contributed by atoms with E-state index in [1.54, 1.807) is 0 Å². The number of nitrogens with one attached hydrogen (secondary N) is 1. The summed E-state index contributed by atoms with van der Waals surface area (Å²) in [4.78, 5) is 22.9. The molecule has 0 amide bonds. The summed E-state index contributed by atoms with van der Waals surface area (Å²) in [5, 5.41) is 9.57. The van der Waals surface area contributed by atoms with Crippen molar-refractivity contribution in [2.45, 2.75) is 6.92 Å². The fourth-order valence-electron chi connectivity index (χ4n) is 1.24. The maximum absolute atomic E-state index is 11.6. The first-order valence-corrected chi connectivity index (χ1v) is 4.96. The standard InChI is InChI=1S/C11H10N4O2/c1-8-10(16)15(11(17)14-13-8)12-7-9-5-3-2-4-6-9/h2-7H,1H3,(H,14,17)/b12-7+. The van der Waals surface area contributed by atoms with Gasteiger partial charge in [0.2, 0.25) is 0 Å². The van der Waals surface area contributed by atoms with Crippen molar-refractivity contribution in [3.05, 3.63) is 62.4 Å². The van der Waals surface area contributed by atoms with Crippen molar-refractivity contribution in [2.75, 3.05) is 0 Å². The molecule has 0 saturated heterocycles. The Labute approximate surface area is 96.2 Å². The third-order valence-corrected chi connectivity index (χ3v) is 2.14. The Morgan fingerprint density at radius 2 is 2.00 bits per heavy atom. The van der Waals surface area contributed by atoms with Gasteiger partial charge in [-0.15, -0.1) is 4.68 Å². The Morgan fingerprint density at radius 1 is 1.29 bits per heavy atom. The summed E-state index contributed by atoms with van der Waals surface area (Å²) in [6.45, 7) is 1.51. The molecule has 86 valence electrons. The van der Waals surface area contributed by atoms with Gasteiger partial charge in [-0.25, -0.2) is 9.89 Å². The van der Waals surface area contributed by atoms with Gasteiger partial charge in [0, 0.05) is 0 Å². The highest BCUT2D eigenvalue weighted by Crippen LogP contribution is 1.93. The Hall–Kier alpha value is -2.50. The van der Waals surface area contributed by atoms with Crippen LogP contribution in [-0.2, 0) is 0 Å². The molecule has 1 aromatic carbocycles. The van der Waals surface area contributed by atoms with Crippen molar-refractivity contribution in [2.24, 2.45) is 5.10 Å². The molecule has 0 aliphatic heterocycles. The van der Waals surface area contributed by atoms with Gasteiger partial charge in [-0.2, -0.15) is 10.2 Å². The number of hydrogen-bond donors (Lipinski definition) is 1. The molecular weight excluding hydrogens is 220 g/mol. The van der Waals surface area contributed by atoms with Crippen molar-refractivity contribution in [1.29, 1.82) is 0 Å². The molecule has 0 aliphatic rings. The molecule has 0 bridgehead atoms. The van der Waals surface area contributed by atoms with Crippen molar-refractivity contribution in [3.8, 4) is 0 Å². The molecule has 0 unspecified atom stereocenters. The molecule has 6 heteroatoms. The molecular formula is C11H10N4O2. The zero-order valence-electron chi connectivity index (χ0n) is 9.12. The lowest BCUT2D eigenvalue weighted by molar-refractivity contribution is 0.694. The Balaban J connectivity index is 2.44. The van der Waals surface area contributed by atoms with E-state index in [-0.39, 0.29) is 5.69 Å². The summed E-state index contributed by atoms with van der Waals surface area (Å²) in [6.07, 6.45) is 1.44. The molecule has 0 spiro atoms. The summed E-state index contributed by atoms with van der Waals surface area (Å²) in [6, 6.07) is 9.18. The molecule has 0 fully saturated rings. The minimum atomic E-state index is -0.659. The van der Waals surface area contributed by atoms with Crippen molar-refractivity contribution >= 4 is 6.21 Å². The summed E-state index contributed by atoms with van der Waals surface area (Å²) in [5.41, 5.74) is -0.197. The molecule has 2 rings (SSSR count). The topological polar surface area (TPSA) is 80.1 Å². The number of benzene rings is 1. The fourth-order valence-corrected chi connectivity index (χ4v) is 1.24. The van der Waals surface area contributed by atoms with Gasteiger partial charge in [0.25, 0.3) is 5.56 Å². The smallest absolute Gasteiger partial charge is 0.265 e. The average Bonchev–Trinajstić information content (AvgIpc) is 2.35. The zero-order valence-corrected chi connectivity index (χ0v) is 9.12. The predicted octanol–water partition coefficient (Wildman–Crippen LogP) is 0.122. The summed E-state index contributed by atoms with van der Waals surface area (Å²) in [5.74, 6) is 0. The van der Waals surface area contributed by atoms with Crippen LogP contribution in [-0.4, -0.2) is 21.1 Å². The van der Waals surface area contributed by atoms with E-state index in [2.05, 4.69) is 15.3 Å². The van der Waals surface area contributed by atoms with E-state index in [9.17, 15) is 9.59 Å². The van der Waals surface area contributed by atoms with E-state index >= 15 is 0 Å². The second kappa shape index (κ2) is 4.56. The second-order valence-electron chi connectivity index (χ2n) is 3.39. The number of hydrogen-bond acceptors (Lipinski definition) is 4. The normalized spacial score (nSPS) is 10.9. The fraction of sp³-hybridized carbons (Fsp3) is 0.0909. The molecule has 1 heterocycles. The lowest BCUT2D eigenvalue weighted by Crippen LogP contribution is -2.35. The van der Waals surface area contributed by atoms with Crippen LogP contribution in [0.1, 0.15) is 11.3 Å². The Morgan fingerprint density at radius 3 is 2.71 bits per heavy atom. The van der Waals surface area contributed by atoms with Crippen LogP contribution in [0.2, 0.25) is 0 Å². The van der Waals surface area contributed by atoms with E-state index in [0.717, 1.165) is 10.2 Å². The summed E-state index contributed by atoms with van der Waals surface area (Å²) in [7, 11) is 0. The minimum absolute atomic E-state index is 0.190. The highest BCUT2D eigenvalue weighted by Gasteiger charge is 2.02. The number of rotatable bonds is 2. The highest BCUT2D eigenvalue weighted by atomic mass is 16.2. The first-order valence-electron chi connectivity index (χ1n) is 4.96. The molecule has 0 radical (unpaired) electrons. The Kier molecular flexibility index (Phi) is 2.95. The van der Waals surface area contributed by atoms with Gasteiger partial charge in [0.15, 0.2) is 0 Å². The van der Waals surface area contributed by atoms with Crippen LogP contribution in [0.3, 0.4) is 0 Å². The number of nitrogens with zero attached hydrogens (tertiary/aromatic N) is 3. The molecule has 1 aromatic heterocycles. The maximum Gasteiger partial charge on any atom is 0.365 e. The van der Waals surface area contributed by atoms with Crippen molar-refractivity contribution < 1.29 is 0 Å². The minimum Gasteiger partial charge on any atom is -0.265 e. The molecule has 0 atom stereocenters. The van der Waals surface area contributed by atoms with Crippen LogP contribution in [0.15, 0.2) is 45.0 Å². The largest absolute Gasteiger partial charge is 0.365 e. The SMILES string of the molecule is Cc1n[nH]c(=O)n(/N=C/c2ccccc2)c1=O. The molecule has 1 N–H and O–H groups in total. The molecule has 0 aliphatic carbocycles. The number of aromatic amines is 1. The van der Waals surface area contributed by atoms with E-state index in [4.69, 9.17) is 0 Å². The van der Waals surface area contributed by atoms with Gasteiger partial charge < -0.3 is 0 Å². The van der Waals surface area contributed by atoms with Crippen molar-refractivity contribution in [1.82, 2.24) is 14.9 Å². The average molecular weight is 230 g/mol. The number of aryl methyl sites for hydroxylation is 1. The van der Waals surface area contributed by atoms with Crippen LogP contribution < -0.4 is 11.2 Å². The summed E-state index contributed by atoms with van der Waals surface area (Å²) >= 11 is 0. The predicted molar refractivity (Wildman–Crippen MR) is 63.3 cm³/mol. The van der Waals surface area contributed by atoms with Crippen LogP contribution >= 0.6 is 0 Å². The zero-order chi connectivity index (χ0) is 12.3. The van der Waals surface area contributed by atoms with Crippen LogP contribution in [0.5, 0.6) is 0 Å². The third-order valence-electron chi connectivity index (χ3n) is 2.14. The summed E-state index contributed by atoms with van der Waals surface area (Å²) < 4.78 is 0.745. The molecule has 6 nitrogen and oxygen atoms in total. The van der Waals surface area contributed by atoms with Gasteiger partial charge in [0.05, 0.1) is 6.21 Å². The van der Waals surface area contributed by atoms with Crippen LogP contribution in [0.4, 0.5) is 0 Å². The van der Waals surface area contributed by atoms with Crippen molar-refractivity contribution in [3.63, 3.8) is 0 Å².